The van der Waals surface area contributed by atoms with Crippen LogP contribution < -0.4 is 4.74 Å². The van der Waals surface area contributed by atoms with Crippen molar-refractivity contribution < 1.29 is 4.74 Å². The number of likely N-dealkylation sites (N-methyl/N-ethyl adjacent to an activating group) is 1. The molecule has 118 valence electrons. The molecule has 0 aliphatic rings. The van der Waals surface area contributed by atoms with Crippen molar-refractivity contribution in [2.75, 3.05) is 27.7 Å². The molecule has 0 saturated carbocycles. The molecule has 0 bridgehead atoms. The van der Waals surface area contributed by atoms with Crippen LogP contribution >= 0.6 is 12.4 Å². The zero-order valence-corrected chi connectivity index (χ0v) is 14.3. The molecule has 0 saturated heterocycles. The third kappa shape index (κ3) is 5.21. The summed E-state index contributed by atoms with van der Waals surface area (Å²) in [6.07, 6.45) is 3.17. The quantitative estimate of drug-likeness (QED) is 0.787. The molecule has 2 aromatic carbocycles. The van der Waals surface area contributed by atoms with Crippen LogP contribution in [0.2, 0.25) is 0 Å². The summed E-state index contributed by atoms with van der Waals surface area (Å²) in [7, 11) is 5.90. The number of methoxy groups -OCH3 is 1. The van der Waals surface area contributed by atoms with Gasteiger partial charge in [0.15, 0.2) is 0 Å². The van der Waals surface area contributed by atoms with Crippen molar-refractivity contribution >= 4 is 18.0 Å². The van der Waals surface area contributed by atoms with E-state index in [0.29, 0.717) is 0 Å². The summed E-state index contributed by atoms with van der Waals surface area (Å²) in [5.74, 6) is 0.948. The Morgan fingerprint density at radius 3 is 2.27 bits per heavy atom. The Balaban J connectivity index is 0.00000242. The summed E-state index contributed by atoms with van der Waals surface area (Å²) < 4.78 is 5.47. The summed E-state index contributed by atoms with van der Waals surface area (Å²) in [5.41, 5.74) is 3.81. The maximum Gasteiger partial charge on any atom is 0.122 e. The number of benzene rings is 2. The molecule has 2 rings (SSSR count). The van der Waals surface area contributed by atoms with E-state index in [9.17, 15) is 0 Å². The average molecular weight is 318 g/mol. The molecule has 0 atom stereocenters. The minimum atomic E-state index is 0. The first-order chi connectivity index (χ1) is 10.2. The predicted molar refractivity (Wildman–Crippen MR) is 96.9 cm³/mol. The molecule has 0 radical (unpaired) electrons. The molecule has 0 heterocycles. The van der Waals surface area contributed by atoms with E-state index in [1.54, 1.807) is 7.11 Å². The van der Waals surface area contributed by atoms with Gasteiger partial charge in [-0.1, -0.05) is 54.6 Å². The summed E-state index contributed by atoms with van der Waals surface area (Å²) in [6, 6.07) is 18.8. The average Bonchev–Trinajstić information content (AvgIpc) is 2.52. The number of rotatable bonds is 6. The van der Waals surface area contributed by atoms with Crippen LogP contribution in [0.25, 0.3) is 5.57 Å². The number of nitrogens with zero attached hydrogens (tertiary/aromatic N) is 1. The monoisotopic (exact) mass is 317 g/mol. The van der Waals surface area contributed by atoms with E-state index >= 15 is 0 Å². The van der Waals surface area contributed by atoms with Gasteiger partial charge >= 0.3 is 0 Å². The van der Waals surface area contributed by atoms with Gasteiger partial charge < -0.3 is 9.64 Å². The Bertz CT molecular complexity index is 593. The lowest BCUT2D eigenvalue weighted by atomic mass is 9.97. The number of hydrogen-bond donors (Lipinski definition) is 0. The highest BCUT2D eigenvalue weighted by atomic mass is 35.5. The van der Waals surface area contributed by atoms with Crippen LogP contribution in [0, 0.1) is 0 Å². The Kier molecular flexibility index (Phi) is 7.72. The molecule has 0 unspecified atom stereocenters. The highest BCUT2D eigenvalue weighted by Gasteiger charge is 2.07. The number of allylic oxidation sites excluding steroid dienone is 1. The van der Waals surface area contributed by atoms with Gasteiger partial charge in [-0.15, -0.1) is 12.4 Å². The fourth-order valence-corrected chi connectivity index (χ4v) is 2.29. The van der Waals surface area contributed by atoms with E-state index in [-0.39, 0.29) is 12.4 Å². The number of hydrogen-bond acceptors (Lipinski definition) is 2. The molecule has 0 aromatic heterocycles. The lowest BCUT2D eigenvalue weighted by Gasteiger charge is -2.13. The van der Waals surface area contributed by atoms with E-state index in [2.05, 4.69) is 67.5 Å². The summed E-state index contributed by atoms with van der Waals surface area (Å²) in [5, 5.41) is 0. The highest BCUT2D eigenvalue weighted by molar-refractivity contribution is 5.85. The molecule has 0 spiro atoms. The molecule has 2 aromatic rings. The van der Waals surface area contributed by atoms with Gasteiger partial charge in [0.05, 0.1) is 7.11 Å². The third-order valence-electron chi connectivity index (χ3n) is 3.42. The van der Waals surface area contributed by atoms with Gasteiger partial charge in [0.2, 0.25) is 0 Å². The van der Waals surface area contributed by atoms with Gasteiger partial charge in [0.25, 0.3) is 0 Å². The van der Waals surface area contributed by atoms with Crippen molar-refractivity contribution in [3.8, 4) is 5.75 Å². The van der Waals surface area contributed by atoms with E-state index < -0.39 is 0 Å². The predicted octanol–water partition coefficient (Wildman–Crippen LogP) is 4.30. The lowest BCUT2D eigenvalue weighted by Crippen LogP contribution is -2.11. The molecular formula is C19H24ClNO. The fraction of sp³-hybridized carbons (Fsp3) is 0.263. The molecule has 2 nitrogen and oxygen atoms in total. The fourth-order valence-electron chi connectivity index (χ4n) is 2.29. The van der Waals surface area contributed by atoms with Crippen molar-refractivity contribution in [2.45, 2.75) is 6.42 Å². The van der Waals surface area contributed by atoms with Crippen LogP contribution in [0.15, 0.2) is 60.7 Å². The zero-order chi connectivity index (χ0) is 15.1. The van der Waals surface area contributed by atoms with Gasteiger partial charge in [-0.2, -0.15) is 0 Å². The van der Waals surface area contributed by atoms with Gasteiger partial charge in [-0.3, -0.25) is 0 Å². The van der Waals surface area contributed by atoms with Crippen LogP contribution in [0.1, 0.15) is 11.1 Å². The van der Waals surface area contributed by atoms with Crippen molar-refractivity contribution in [3.63, 3.8) is 0 Å². The van der Waals surface area contributed by atoms with Crippen molar-refractivity contribution in [1.29, 1.82) is 0 Å². The standard InChI is InChI=1S/C19H23NO.ClH/c1-20(2)14-13-17(16-9-5-4-6-10-16)15-18-11-7-8-12-19(18)21-3;/h4-13H,14-15H2,1-3H3;1H. The van der Waals surface area contributed by atoms with E-state index in [4.69, 9.17) is 4.74 Å². The smallest absolute Gasteiger partial charge is 0.122 e. The second kappa shape index (κ2) is 9.29. The topological polar surface area (TPSA) is 12.5 Å². The third-order valence-corrected chi connectivity index (χ3v) is 3.42. The highest BCUT2D eigenvalue weighted by Crippen LogP contribution is 2.25. The Labute approximate surface area is 139 Å². The Hall–Kier alpha value is -1.77. The lowest BCUT2D eigenvalue weighted by molar-refractivity contribution is 0.411. The minimum Gasteiger partial charge on any atom is -0.496 e. The van der Waals surface area contributed by atoms with Crippen LogP contribution in [0.5, 0.6) is 5.75 Å². The maximum absolute atomic E-state index is 5.47. The first-order valence-corrected chi connectivity index (χ1v) is 7.22. The molecule has 3 heteroatoms. The van der Waals surface area contributed by atoms with Gasteiger partial charge in [0.1, 0.15) is 5.75 Å². The number of ether oxygens (including phenoxy) is 1. The summed E-state index contributed by atoms with van der Waals surface area (Å²) >= 11 is 0. The molecule has 0 N–H and O–H groups in total. The second-order valence-corrected chi connectivity index (χ2v) is 5.35. The van der Waals surface area contributed by atoms with Crippen LogP contribution in [0.3, 0.4) is 0 Å². The molecule has 0 fully saturated rings. The van der Waals surface area contributed by atoms with Crippen LogP contribution in [-0.2, 0) is 6.42 Å². The molecule has 0 aliphatic heterocycles. The number of para-hydroxylation sites is 1. The van der Waals surface area contributed by atoms with Crippen LogP contribution in [0.4, 0.5) is 0 Å². The summed E-state index contributed by atoms with van der Waals surface area (Å²) in [6.45, 7) is 0.930. The van der Waals surface area contributed by atoms with Crippen LogP contribution in [-0.4, -0.2) is 32.6 Å². The van der Waals surface area contributed by atoms with Crippen molar-refractivity contribution in [1.82, 2.24) is 4.90 Å². The minimum absolute atomic E-state index is 0. The maximum atomic E-state index is 5.47. The van der Waals surface area contributed by atoms with Gasteiger partial charge in [-0.25, -0.2) is 0 Å². The molecular weight excluding hydrogens is 294 g/mol. The van der Waals surface area contributed by atoms with E-state index in [0.717, 1.165) is 18.7 Å². The first kappa shape index (κ1) is 18.3. The van der Waals surface area contributed by atoms with E-state index in [1.165, 1.54) is 16.7 Å². The molecule has 0 amide bonds. The largest absolute Gasteiger partial charge is 0.496 e. The first-order valence-electron chi connectivity index (χ1n) is 7.22. The van der Waals surface area contributed by atoms with Crippen molar-refractivity contribution in [3.05, 3.63) is 71.8 Å². The SMILES string of the molecule is COc1ccccc1CC(=CCN(C)C)c1ccccc1.Cl. The summed E-state index contributed by atoms with van der Waals surface area (Å²) in [4.78, 5) is 2.17. The van der Waals surface area contributed by atoms with Gasteiger partial charge in [0, 0.05) is 13.0 Å². The van der Waals surface area contributed by atoms with Crippen molar-refractivity contribution in [2.24, 2.45) is 0 Å². The molecule has 22 heavy (non-hydrogen) atoms. The molecule has 0 aliphatic carbocycles. The normalized spacial score (nSPS) is 11.2. The van der Waals surface area contributed by atoms with E-state index in [1.807, 2.05) is 12.1 Å². The number of halogens is 1. The Morgan fingerprint density at radius 2 is 1.64 bits per heavy atom. The zero-order valence-electron chi connectivity index (χ0n) is 13.5. The Morgan fingerprint density at radius 1 is 1.00 bits per heavy atom. The second-order valence-electron chi connectivity index (χ2n) is 5.35. The van der Waals surface area contributed by atoms with Gasteiger partial charge in [-0.05, 0) is 36.9 Å².